The SMILES string of the molecule is Cc1nnc([C@H]2CN(C(=O)c3cnn(C)c3-n3cccc3)C[C@@H](C)O2)o1. The molecule has 26 heavy (non-hydrogen) atoms. The molecule has 0 unspecified atom stereocenters. The Morgan fingerprint density at radius 1 is 1.23 bits per heavy atom. The van der Waals surface area contributed by atoms with E-state index in [2.05, 4.69) is 15.3 Å². The second-order valence-electron chi connectivity index (χ2n) is 6.40. The number of nitrogens with zero attached hydrogens (tertiary/aromatic N) is 6. The van der Waals surface area contributed by atoms with Crippen LogP contribution in [0.3, 0.4) is 0 Å². The molecule has 0 radical (unpaired) electrons. The third-order valence-electron chi connectivity index (χ3n) is 4.35. The molecule has 0 spiro atoms. The number of hydrogen-bond acceptors (Lipinski definition) is 6. The molecular formula is C17H20N6O3. The summed E-state index contributed by atoms with van der Waals surface area (Å²) in [7, 11) is 1.82. The summed E-state index contributed by atoms with van der Waals surface area (Å²) in [5.41, 5.74) is 0.540. The molecule has 1 amide bonds. The van der Waals surface area contributed by atoms with E-state index in [1.807, 2.05) is 43.1 Å². The van der Waals surface area contributed by atoms with E-state index in [9.17, 15) is 4.79 Å². The summed E-state index contributed by atoms with van der Waals surface area (Å²) in [5, 5.41) is 12.1. The van der Waals surface area contributed by atoms with Crippen LogP contribution in [0, 0.1) is 6.92 Å². The van der Waals surface area contributed by atoms with E-state index >= 15 is 0 Å². The summed E-state index contributed by atoms with van der Waals surface area (Å²) >= 11 is 0. The number of rotatable bonds is 3. The van der Waals surface area contributed by atoms with Crippen molar-refractivity contribution in [3.63, 3.8) is 0 Å². The molecule has 3 aromatic rings. The molecule has 0 aromatic carbocycles. The highest BCUT2D eigenvalue weighted by Crippen LogP contribution is 2.26. The van der Waals surface area contributed by atoms with Gasteiger partial charge in [-0.1, -0.05) is 0 Å². The van der Waals surface area contributed by atoms with E-state index in [1.54, 1.807) is 22.7 Å². The second-order valence-corrected chi connectivity index (χ2v) is 6.40. The standard InChI is InChI=1S/C17H20N6O3/c1-11-9-23(10-14(25-11)15-20-19-12(2)26-15)17(24)13-8-18-21(3)16(13)22-6-4-5-7-22/h4-8,11,14H,9-10H2,1-3H3/t11-,14-/m1/s1. The number of ether oxygens (including phenoxy) is 1. The largest absolute Gasteiger partial charge is 0.423 e. The van der Waals surface area contributed by atoms with Crippen molar-refractivity contribution in [1.29, 1.82) is 0 Å². The van der Waals surface area contributed by atoms with Crippen LogP contribution in [0.2, 0.25) is 0 Å². The zero-order valence-corrected chi connectivity index (χ0v) is 14.9. The maximum atomic E-state index is 13.2. The van der Waals surface area contributed by atoms with E-state index in [0.717, 1.165) is 5.82 Å². The Hall–Kier alpha value is -2.94. The Kier molecular flexibility index (Phi) is 4.08. The number of carbonyl (C=O) groups is 1. The van der Waals surface area contributed by atoms with Gasteiger partial charge in [0.1, 0.15) is 11.4 Å². The predicted octanol–water partition coefficient (Wildman–Crippen LogP) is 1.50. The first-order valence-corrected chi connectivity index (χ1v) is 8.43. The van der Waals surface area contributed by atoms with Crippen molar-refractivity contribution in [2.45, 2.75) is 26.1 Å². The molecular weight excluding hydrogens is 336 g/mol. The van der Waals surface area contributed by atoms with Crippen molar-refractivity contribution in [3.05, 3.63) is 48.1 Å². The summed E-state index contributed by atoms with van der Waals surface area (Å²) in [6, 6.07) is 3.82. The fourth-order valence-corrected chi connectivity index (χ4v) is 3.23. The summed E-state index contributed by atoms with van der Waals surface area (Å²) in [6.07, 6.45) is 4.80. The van der Waals surface area contributed by atoms with E-state index < -0.39 is 6.10 Å². The zero-order valence-electron chi connectivity index (χ0n) is 14.9. The van der Waals surface area contributed by atoms with Crippen LogP contribution in [-0.4, -0.2) is 54.5 Å². The van der Waals surface area contributed by atoms with Gasteiger partial charge in [0.25, 0.3) is 5.91 Å². The van der Waals surface area contributed by atoms with Crippen LogP contribution in [0.5, 0.6) is 0 Å². The number of morpholine rings is 1. The Bertz CT molecular complexity index is 913. The average molecular weight is 356 g/mol. The van der Waals surface area contributed by atoms with Gasteiger partial charge in [0, 0.05) is 32.9 Å². The Balaban J connectivity index is 1.62. The lowest BCUT2D eigenvalue weighted by Crippen LogP contribution is -2.46. The molecule has 0 N–H and O–H groups in total. The lowest BCUT2D eigenvalue weighted by atomic mass is 10.2. The normalized spacial score (nSPS) is 20.5. The smallest absolute Gasteiger partial charge is 0.259 e. The molecule has 9 nitrogen and oxygen atoms in total. The molecule has 1 aliphatic rings. The Morgan fingerprint density at radius 2 is 2.00 bits per heavy atom. The third-order valence-corrected chi connectivity index (χ3v) is 4.35. The molecule has 0 bridgehead atoms. The van der Waals surface area contributed by atoms with Crippen LogP contribution in [0.1, 0.15) is 35.2 Å². The molecule has 1 fully saturated rings. The molecule has 0 saturated carbocycles. The minimum absolute atomic E-state index is 0.0989. The summed E-state index contributed by atoms with van der Waals surface area (Å²) in [4.78, 5) is 14.9. The molecule has 9 heteroatoms. The second kappa shape index (κ2) is 6.41. The molecule has 136 valence electrons. The molecule has 0 aliphatic carbocycles. The average Bonchev–Trinajstić information content (AvgIpc) is 3.34. The predicted molar refractivity (Wildman–Crippen MR) is 90.8 cm³/mol. The van der Waals surface area contributed by atoms with Crippen molar-refractivity contribution in [2.24, 2.45) is 7.05 Å². The highest BCUT2D eigenvalue weighted by atomic mass is 16.5. The minimum atomic E-state index is -0.435. The topological polar surface area (TPSA) is 91.2 Å². The van der Waals surface area contributed by atoms with Crippen molar-refractivity contribution in [2.75, 3.05) is 13.1 Å². The lowest BCUT2D eigenvalue weighted by Gasteiger charge is -2.35. The fraction of sp³-hybridized carbons (Fsp3) is 0.412. The van der Waals surface area contributed by atoms with Crippen molar-refractivity contribution in [1.82, 2.24) is 29.4 Å². The van der Waals surface area contributed by atoms with E-state index in [0.29, 0.717) is 30.4 Å². The third kappa shape index (κ3) is 2.90. The summed E-state index contributed by atoms with van der Waals surface area (Å²) in [6.45, 7) is 4.49. The molecule has 4 heterocycles. The van der Waals surface area contributed by atoms with Crippen LogP contribution in [0.25, 0.3) is 5.82 Å². The first-order valence-electron chi connectivity index (χ1n) is 8.43. The number of carbonyl (C=O) groups excluding carboxylic acids is 1. The molecule has 1 saturated heterocycles. The molecule has 4 rings (SSSR count). The van der Waals surface area contributed by atoms with Gasteiger partial charge in [-0.05, 0) is 19.1 Å². The lowest BCUT2D eigenvalue weighted by molar-refractivity contribution is -0.0796. The van der Waals surface area contributed by atoms with Crippen molar-refractivity contribution >= 4 is 5.91 Å². The molecule has 3 aromatic heterocycles. The van der Waals surface area contributed by atoms with Crippen LogP contribution in [-0.2, 0) is 11.8 Å². The minimum Gasteiger partial charge on any atom is -0.423 e. The molecule has 1 aliphatic heterocycles. The highest BCUT2D eigenvalue weighted by molar-refractivity contribution is 5.97. The Morgan fingerprint density at radius 3 is 2.69 bits per heavy atom. The summed E-state index contributed by atoms with van der Waals surface area (Å²) < 4.78 is 14.9. The van der Waals surface area contributed by atoms with Gasteiger partial charge in [-0.2, -0.15) is 5.10 Å². The van der Waals surface area contributed by atoms with Gasteiger partial charge < -0.3 is 18.6 Å². The van der Waals surface area contributed by atoms with Gasteiger partial charge in [-0.25, -0.2) is 0 Å². The van der Waals surface area contributed by atoms with Gasteiger partial charge in [-0.15, -0.1) is 10.2 Å². The molecule has 2 atom stereocenters. The van der Waals surface area contributed by atoms with E-state index in [4.69, 9.17) is 9.15 Å². The number of amides is 1. The van der Waals surface area contributed by atoms with Crippen LogP contribution in [0.4, 0.5) is 0 Å². The zero-order chi connectivity index (χ0) is 18.3. The van der Waals surface area contributed by atoms with Crippen LogP contribution < -0.4 is 0 Å². The van der Waals surface area contributed by atoms with E-state index in [1.165, 1.54) is 0 Å². The van der Waals surface area contributed by atoms with Crippen LogP contribution in [0.15, 0.2) is 35.1 Å². The van der Waals surface area contributed by atoms with Crippen molar-refractivity contribution < 1.29 is 13.9 Å². The van der Waals surface area contributed by atoms with E-state index in [-0.39, 0.29) is 12.0 Å². The van der Waals surface area contributed by atoms with Gasteiger partial charge >= 0.3 is 0 Å². The summed E-state index contributed by atoms with van der Waals surface area (Å²) in [5.74, 6) is 1.49. The van der Waals surface area contributed by atoms with Gasteiger partial charge in [0.2, 0.25) is 11.8 Å². The highest BCUT2D eigenvalue weighted by Gasteiger charge is 2.34. The maximum Gasteiger partial charge on any atom is 0.259 e. The Labute approximate surface area is 150 Å². The number of aryl methyl sites for hydroxylation is 2. The van der Waals surface area contributed by atoms with Crippen LogP contribution >= 0.6 is 0 Å². The first-order chi connectivity index (χ1) is 12.5. The van der Waals surface area contributed by atoms with Crippen molar-refractivity contribution in [3.8, 4) is 5.82 Å². The monoisotopic (exact) mass is 356 g/mol. The van der Waals surface area contributed by atoms with Gasteiger partial charge in [0.15, 0.2) is 6.10 Å². The van der Waals surface area contributed by atoms with Gasteiger partial charge in [0.05, 0.1) is 18.8 Å². The number of hydrogen-bond donors (Lipinski definition) is 0. The quantitative estimate of drug-likeness (QED) is 0.706. The first kappa shape index (κ1) is 16.5. The fourth-order valence-electron chi connectivity index (χ4n) is 3.23. The number of aromatic nitrogens is 5. The van der Waals surface area contributed by atoms with Gasteiger partial charge in [-0.3, -0.25) is 9.48 Å². The maximum absolute atomic E-state index is 13.2.